The summed E-state index contributed by atoms with van der Waals surface area (Å²) in [7, 11) is 0. The van der Waals surface area contributed by atoms with Crippen molar-refractivity contribution in [3.05, 3.63) is 72.4 Å². The Bertz CT molecular complexity index is 1570. The smallest absolute Gasteiger partial charge is 0.410 e. The van der Waals surface area contributed by atoms with Crippen LogP contribution >= 0.6 is 0 Å². The number of ether oxygens (including phenoxy) is 2. The van der Waals surface area contributed by atoms with E-state index in [0.29, 0.717) is 54.2 Å². The second-order valence-electron chi connectivity index (χ2n) is 11.1. The topological polar surface area (TPSA) is 118 Å². The Morgan fingerprint density at radius 1 is 1.12 bits per heavy atom. The van der Waals surface area contributed by atoms with E-state index in [1.165, 1.54) is 12.3 Å². The Hall–Kier alpha value is -4.72. The number of hydrogen-bond acceptors (Lipinski definition) is 8. The quantitative estimate of drug-likeness (QED) is 0.278. The van der Waals surface area contributed by atoms with Gasteiger partial charge in [-0.05, 0) is 51.3 Å². The summed E-state index contributed by atoms with van der Waals surface area (Å²) in [5, 5.41) is 18.6. The van der Waals surface area contributed by atoms with Gasteiger partial charge in [-0.1, -0.05) is 30.3 Å². The molecule has 1 N–H and O–H groups in total. The number of carbonyl (C=O) groups is 1. The van der Waals surface area contributed by atoms with Gasteiger partial charge in [0, 0.05) is 37.2 Å². The fourth-order valence-corrected chi connectivity index (χ4v) is 4.98. The molecular formula is C30H32FN7O3. The van der Waals surface area contributed by atoms with E-state index in [2.05, 4.69) is 21.4 Å². The fourth-order valence-electron chi connectivity index (χ4n) is 4.98. The number of nitrogens with zero attached hydrogens (tertiary/aromatic N) is 6. The van der Waals surface area contributed by atoms with Gasteiger partial charge in [0.25, 0.3) is 0 Å². The van der Waals surface area contributed by atoms with E-state index in [9.17, 15) is 14.4 Å². The summed E-state index contributed by atoms with van der Waals surface area (Å²) >= 11 is 0. The van der Waals surface area contributed by atoms with Crippen molar-refractivity contribution in [3.63, 3.8) is 0 Å². The van der Waals surface area contributed by atoms with Crippen molar-refractivity contribution in [1.29, 1.82) is 5.26 Å². The minimum Gasteiger partial charge on any atom is -0.472 e. The molecule has 212 valence electrons. The number of anilines is 2. The fraction of sp³-hybridized carbons (Fsp3) is 0.367. The van der Waals surface area contributed by atoms with Crippen molar-refractivity contribution in [2.24, 2.45) is 0 Å². The summed E-state index contributed by atoms with van der Waals surface area (Å²) in [5.74, 6) is 0.134. The standard InChI is InChI=1S/C30H32FN7O3/c1-29(2,3)41-28(39)37-17-12-30(11-14-32,13-18-37)38-23-10-16-34-27(40-20-21-7-5-4-6-8-21)25(23)26(36-38)35-22-9-15-33-24(31)19-22/h4-10,15-16,19H,11-13,17-18,20H2,1-3H3,(H,33,35,36). The molecular weight excluding hydrogens is 525 g/mol. The molecule has 11 heteroatoms. The van der Waals surface area contributed by atoms with Gasteiger partial charge in [0.2, 0.25) is 11.8 Å². The van der Waals surface area contributed by atoms with Crippen LogP contribution in [0.15, 0.2) is 60.9 Å². The lowest BCUT2D eigenvalue weighted by Crippen LogP contribution is -2.49. The Labute approximate surface area is 237 Å². The molecule has 3 aromatic heterocycles. The van der Waals surface area contributed by atoms with E-state index in [1.807, 2.05) is 61.9 Å². The predicted molar refractivity (Wildman–Crippen MR) is 151 cm³/mol. The summed E-state index contributed by atoms with van der Waals surface area (Å²) in [6, 6.07) is 16.8. The molecule has 5 rings (SSSR count). The molecule has 1 aliphatic rings. The Kier molecular flexibility index (Phi) is 7.75. The Morgan fingerprint density at radius 2 is 1.85 bits per heavy atom. The lowest BCUT2D eigenvalue weighted by atomic mass is 9.85. The molecule has 0 atom stereocenters. The lowest BCUT2D eigenvalue weighted by Gasteiger charge is -2.41. The van der Waals surface area contributed by atoms with Crippen molar-refractivity contribution < 1.29 is 18.7 Å². The molecule has 4 heterocycles. The zero-order chi connectivity index (χ0) is 29.0. The summed E-state index contributed by atoms with van der Waals surface area (Å²) in [4.78, 5) is 22.5. The molecule has 1 fully saturated rings. The van der Waals surface area contributed by atoms with Crippen LogP contribution < -0.4 is 10.1 Å². The van der Waals surface area contributed by atoms with Crippen LogP contribution in [0.3, 0.4) is 0 Å². The molecule has 4 aromatic rings. The van der Waals surface area contributed by atoms with Gasteiger partial charge in [-0.3, -0.25) is 4.68 Å². The zero-order valence-corrected chi connectivity index (χ0v) is 23.3. The highest BCUT2D eigenvalue weighted by molar-refractivity contribution is 5.96. The van der Waals surface area contributed by atoms with E-state index in [4.69, 9.17) is 14.6 Å². The van der Waals surface area contributed by atoms with Crippen LogP contribution in [-0.2, 0) is 16.9 Å². The molecule has 0 spiro atoms. The first-order chi connectivity index (χ1) is 19.7. The van der Waals surface area contributed by atoms with E-state index in [0.717, 1.165) is 5.56 Å². The number of fused-ring (bicyclic) bond motifs is 1. The number of amides is 1. The maximum atomic E-state index is 13.9. The van der Waals surface area contributed by atoms with Gasteiger partial charge in [0.1, 0.15) is 17.6 Å². The number of piperidine rings is 1. The summed E-state index contributed by atoms with van der Waals surface area (Å²) < 4.78 is 27.5. The van der Waals surface area contributed by atoms with Crippen molar-refractivity contribution in [2.45, 2.75) is 57.8 Å². The van der Waals surface area contributed by atoms with Crippen molar-refractivity contribution in [1.82, 2.24) is 24.6 Å². The SMILES string of the molecule is CC(C)(C)OC(=O)N1CCC(CC#N)(n2nc(Nc3ccnc(F)c3)c3c(OCc4ccccc4)nccc32)CC1. The average molecular weight is 558 g/mol. The van der Waals surface area contributed by atoms with Gasteiger partial charge < -0.3 is 19.7 Å². The molecule has 1 amide bonds. The molecule has 41 heavy (non-hydrogen) atoms. The van der Waals surface area contributed by atoms with Gasteiger partial charge in [0.05, 0.1) is 23.5 Å². The van der Waals surface area contributed by atoms with Crippen molar-refractivity contribution in [2.75, 3.05) is 18.4 Å². The van der Waals surface area contributed by atoms with Gasteiger partial charge in [0.15, 0.2) is 5.82 Å². The Balaban J connectivity index is 1.54. The molecule has 10 nitrogen and oxygen atoms in total. The Morgan fingerprint density at radius 3 is 2.54 bits per heavy atom. The van der Waals surface area contributed by atoms with Crippen LogP contribution in [0.5, 0.6) is 5.88 Å². The number of pyridine rings is 2. The zero-order valence-electron chi connectivity index (χ0n) is 23.3. The molecule has 1 saturated heterocycles. The van der Waals surface area contributed by atoms with E-state index < -0.39 is 17.1 Å². The van der Waals surface area contributed by atoms with Crippen molar-refractivity contribution >= 4 is 28.5 Å². The second-order valence-corrected chi connectivity index (χ2v) is 11.1. The number of nitriles is 1. The highest BCUT2D eigenvalue weighted by atomic mass is 19.1. The number of carbonyl (C=O) groups excluding carboxylic acids is 1. The number of aromatic nitrogens is 4. The minimum absolute atomic E-state index is 0.178. The molecule has 1 aromatic carbocycles. The van der Waals surface area contributed by atoms with Gasteiger partial charge in [-0.2, -0.15) is 14.8 Å². The maximum absolute atomic E-state index is 13.9. The number of rotatable bonds is 7. The predicted octanol–water partition coefficient (Wildman–Crippen LogP) is 5.93. The van der Waals surface area contributed by atoms with E-state index in [-0.39, 0.29) is 19.1 Å². The molecule has 0 radical (unpaired) electrons. The first kappa shape index (κ1) is 27.8. The summed E-state index contributed by atoms with van der Waals surface area (Å²) in [6.45, 7) is 6.59. The number of nitrogens with one attached hydrogen (secondary N) is 1. The number of benzene rings is 1. The third-order valence-electron chi connectivity index (χ3n) is 6.97. The largest absolute Gasteiger partial charge is 0.472 e. The van der Waals surface area contributed by atoms with Crippen LogP contribution in [-0.4, -0.2) is 49.4 Å². The summed E-state index contributed by atoms with van der Waals surface area (Å²) in [6.07, 6.45) is 3.79. The molecule has 1 aliphatic heterocycles. The summed E-state index contributed by atoms with van der Waals surface area (Å²) in [5.41, 5.74) is 0.830. The monoisotopic (exact) mass is 557 g/mol. The third-order valence-corrected chi connectivity index (χ3v) is 6.97. The van der Waals surface area contributed by atoms with Crippen LogP contribution in [0.1, 0.15) is 45.6 Å². The third kappa shape index (κ3) is 6.22. The minimum atomic E-state index is -0.701. The molecule has 0 saturated carbocycles. The lowest BCUT2D eigenvalue weighted by molar-refractivity contribution is 0.0110. The first-order valence-corrected chi connectivity index (χ1v) is 13.5. The highest BCUT2D eigenvalue weighted by Crippen LogP contribution is 2.41. The van der Waals surface area contributed by atoms with Gasteiger partial charge >= 0.3 is 6.09 Å². The van der Waals surface area contributed by atoms with E-state index >= 15 is 0 Å². The molecule has 0 aliphatic carbocycles. The van der Waals surface area contributed by atoms with Gasteiger partial charge in [-0.25, -0.2) is 14.8 Å². The van der Waals surface area contributed by atoms with Crippen LogP contribution in [0.4, 0.5) is 20.7 Å². The maximum Gasteiger partial charge on any atom is 0.410 e. The molecule has 0 bridgehead atoms. The van der Waals surface area contributed by atoms with Crippen LogP contribution in [0.25, 0.3) is 10.9 Å². The number of halogens is 1. The van der Waals surface area contributed by atoms with Gasteiger partial charge in [-0.15, -0.1) is 0 Å². The molecule has 0 unspecified atom stereocenters. The first-order valence-electron chi connectivity index (χ1n) is 13.5. The highest BCUT2D eigenvalue weighted by Gasteiger charge is 2.41. The second kappa shape index (κ2) is 11.4. The van der Waals surface area contributed by atoms with Crippen LogP contribution in [0, 0.1) is 17.3 Å². The average Bonchev–Trinajstić information content (AvgIpc) is 3.31. The van der Waals surface area contributed by atoms with Crippen LogP contribution in [0.2, 0.25) is 0 Å². The number of hydrogen-bond donors (Lipinski definition) is 1. The number of likely N-dealkylation sites (tertiary alicyclic amines) is 1. The normalized spacial score (nSPS) is 14.9. The van der Waals surface area contributed by atoms with E-state index in [1.54, 1.807) is 17.2 Å². The van der Waals surface area contributed by atoms with Crippen molar-refractivity contribution in [3.8, 4) is 11.9 Å².